The fraction of sp³-hybridized carbons (Fsp3) is 0.464. The van der Waals surface area contributed by atoms with E-state index in [2.05, 4.69) is 41.6 Å². The second kappa shape index (κ2) is 9.43. The van der Waals surface area contributed by atoms with Gasteiger partial charge in [0.2, 0.25) is 0 Å². The molecule has 1 N–H and O–H groups in total. The van der Waals surface area contributed by atoms with Crippen LogP contribution in [0.1, 0.15) is 62.1 Å². The van der Waals surface area contributed by atoms with E-state index >= 15 is 0 Å². The Morgan fingerprint density at radius 1 is 1.31 bits per heavy atom. The second-order valence-corrected chi connectivity index (χ2v) is 10.6. The second-order valence-electron chi connectivity index (χ2n) is 9.76. The minimum atomic E-state index is -0.216. The van der Waals surface area contributed by atoms with E-state index < -0.39 is 0 Å². The van der Waals surface area contributed by atoms with Gasteiger partial charge in [0, 0.05) is 23.2 Å². The Bertz CT molecular complexity index is 1000. The zero-order chi connectivity index (χ0) is 22.9. The molecule has 2 aromatic carbocycles. The third kappa shape index (κ3) is 4.39. The van der Waals surface area contributed by atoms with Crippen LogP contribution in [0.2, 0.25) is 0 Å². The maximum Gasteiger partial charge on any atom is 0.302 e. The van der Waals surface area contributed by atoms with Crippen LogP contribution in [0, 0.1) is 17.3 Å². The van der Waals surface area contributed by atoms with Gasteiger partial charge in [-0.3, -0.25) is 4.79 Å². The van der Waals surface area contributed by atoms with Crippen LogP contribution in [0.3, 0.4) is 0 Å². The van der Waals surface area contributed by atoms with Crippen molar-refractivity contribution in [2.75, 3.05) is 0 Å². The van der Waals surface area contributed by atoms with Crippen LogP contribution < -0.4 is 0 Å². The third-order valence-corrected chi connectivity index (χ3v) is 8.75. The van der Waals surface area contributed by atoms with Crippen LogP contribution in [0.25, 0.3) is 0 Å². The van der Waals surface area contributed by atoms with Gasteiger partial charge in [0.25, 0.3) is 0 Å². The lowest BCUT2D eigenvalue weighted by atomic mass is 9.52. The fourth-order valence-corrected chi connectivity index (χ4v) is 6.86. The number of aromatic hydroxyl groups is 1. The Balaban J connectivity index is 1.69. The number of ether oxygens (including phenoxy) is 1. The monoisotopic (exact) mass is 496 g/mol. The van der Waals surface area contributed by atoms with Gasteiger partial charge in [-0.15, -0.1) is 6.58 Å². The molecule has 0 unspecified atom stereocenters. The highest BCUT2D eigenvalue weighted by Crippen LogP contribution is 2.58. The minimum absolute atomic E-state index is 0.134. The van der Waals surface area contributed by atoms with E-state index in [-0.39, 0.29) is 17.5 Å². The molecule has 2 aliphatic rings. The summed E-state index contributed by atoms with van der Waals surface area (Å²) in [6.45, 7) is 7.93. The lowest BCUT2D eigenvalue weighted by molar-refractivity contribution is -0.161. The van der Waals surface area contributed by atoms with Crippen molar-refractivity contribution in [3.05, 3.63) is 76.3 Å². The highest BCUT2D eigenvalue weighted by atomic mass is 79.9. The lowest BCUT2D eigenvalue weighted by Crippen LogP contribution is -2.50. The van der Waals surface area contributed by atoms with E-state index in [4.69, 9.17) is 4.74 Å². The number of halogens is 1. The summed E-state index contributed by atoms with van der Waals surface area (Å²) in [7, 11) is 0. The molecule has 0 spiro atoms. The number of benzene rings is 2. The normalized spacial score (nSPS) is 27.7. The smallest absolute Gasteiger partial charge is 0.302 e. The molecule has 1 saturated carbocycles. The maximum atomic E-state index is 12.2. The van der Waals surface area contributed by atoms with Crippen LogP contribution in [-0.4, -0.2) is 17.2 Å². The van der Waals surface area contributed by atoms with E-state index in [1.54, 1.807) is 0 Å². The Hall–Kier alpha value is -2.07. The summed E-state index contributed by atoms with van der Waals surface area (Å²) >= 11 is 3.68. The number of allylic oxidation sites excluding steroid dienone is 1. The van der Waals surface area contributed by atoms with Gasteiger partial charge in [-0.2, -0.15) is 0 Å². The number of rotatable bonds is 6. The molecule has 1 fully saturated rings. The molecule has 5 atom stereocenters. The van der Waals surface area contributed by atoms with Crippen molar-refractivity contribution in [1.29, 1.82) is 0 Å². The summed E-state index contributed by atoms with van der Waals surface area (Å²) in [5, 5.41) is 9.96. The van der Waals surface area contributed by atoms with E-state index in [0.717, 1.165) is 36.6 Å². The number of esters is 1. The summed E-state index contributed by atoms with van der Waals surface area (Å²) in [5.74, 6) is 1.52. The minimum Gasteiger partial charge on any atom is -0.508 e. The number of hydrogen-bond acceptors (Lipinski definition) is 3. The van der Waals surface area contributed by atoms with Crippen molar-refractivity contribution in [3.8, 4) is 5.75 Å². The zero-order valence-corrected chi connectivity index (χ0v) is 20.6. The third-order valence-electron chi connectivity index (χ3n) is 7.98. The first-order valence-electron chi connectivity index (χ1n) is 11.7. The first-order valence-corrected chi connectivity index (χ1v) is 12.5. The van der Waals surface area contributed by atoms with Gasteiger partial charge in [0.05, 0.1) is 0 Å². The number of phenols is 1. The van der Waals surface area contributed by atoms with Crippen LogP contribution in [-0.2, 0) is 22.4 Å². The van der Waals surface area contributed by atoms with Gasteiger partial charge in [-0.25, -0.2) is 0 Å². The summed E-state index contributed by atoms with van der Waals surface area (Å²) in [5.41, 5.74) is 3.72. The zero-order valence-electron chi connectivity index (χ0n) is 19.0. The molecule has 2 aliphatic carbocycles. The predicted molar refractivity (Wildman–Crippen MR) is 132 cm³/mol. The molecule has 0 heterocycles. The molecule has 0 amide bonds. The predicted octanol–water partition coefficient (Wildman–Crippen LogP) is 6.97. The Morgan fingerprint density at radius 2 is 2.09 bits per heavy atom. The molecule has 2 aromatic rings. The fourth-order valence-electron chi connectivity index (χ4n) is 6.41. The van der Waals surface area contributed by atoms with E-state index in [1.807, 2.05) is 36.4 Å². The molecule has 170 valence electrons. The van der Waals surface area contributed by atoms with Gasteiger partial charge in [0.1, 0.15) is 11.9 Å². The molecule has 3 nitrogen and oxygen atoms in total. The first-order chi connectivity index (χ1) is 15.3. The van der Waals surface area contributed by atoms with Crippen LogP contribution in [0.4, 0.5) is 0 Å². The van der Waals surface area contributed by atoms with E-state index in [0.29, 0.717) is 29.9 Å². The molecule has 32 heavy (non-hydrogen) atoms. The van der Waals surface area contributed by atoms with Gasteiger partial charge in [-0.05, 0) is 84.7 Å². The van der Waals surface area contributed by atoms with Crippen molar-refractivity contribution in [2.24, 2.45) is 17.3 Å². The van der Waals surface area contributed by atoms with Crippen LogP contribution in [0.15, 0.2) is 59.6 Å². The molecule has 0 saturated heterocycles. The molecule has 0 radical (unpaired) electrons. The number of aryl methyl sites for hydroxylation is 1. The molecule has 0 aromatic heterocycles. The quantitative estimate of drug-likeness (QED) is 0.346. The Kier molecular flexibility index (Phi) is 6.80. The van der Waals surface area contributed by atoms with Gasteiger partial charge < -0.3 is 9.84 Å². The van der Waals surface area contributed by atoms with Crippen molar-refractivity contribution >= 4 is 21.9 Å². The number of carbonyl (C=O) groups excluding carboxylic acids is 1. The summed E-state index contributed by atoms with van der Waals surface area (Å²) in [6, 6.07) is 14.1. The van der Waals surface area contributed by atoms with Crippen molar-refractivity contribution < 1.29 is 14.6 Å². The average Bonchev–Trinajstić information content (AvgIpc) is 2.76. The van der Waals surface area contributed by atoms with Crippen LogP contribution in [0.5, 0.6) is 5.75 Å². The van der Waals surface area contributed by atoms with Gasteiger partial charge >= 0.3 is 5.97 Å². The molecular formula is C28H33BrO3. The number of carbonyl (C=O) groups is 1. The number of hydrogen-bond donors (Lipinski definition) is 1. The van der Waals surface area contributed by atoms with Gasteiger partial charge in [-0.1, -0.05) is 53.2 Å². The Labute approximate surface area is 200 Å². The van der Waals surface area contributed by atoms with Crippen molar-refractivity contribution in [1.82, 2.24) is 0 Å². The number of phenolic OH excluding ortho intramolecular Hbond substituents is 1. The molecule has 0 bridgehead atoms. The summed E-state index contributed by atoms with van der Waals surface area (Å²) < 4.78 is 7.12. The molecule has 4 heteroatoms. The standard InChI is InChI=1S/C28H33BrO3/c1-4-7-25-24-12-10-19-16-21(31)11-13-22(19)23(24)14-15-28(25,3)27(32-18(2)30)17-20-8-5-6-9-26(20)29/h4-6,8-9,11,13,16,23-25,27,31H,1,7,10,12,14-15,17H2,2-3H3/t23-,24-,25+,27-,28+/m1/s1. The first kappa shape index (κ1) is 23.1. The molecule has 4 rings (SSSR count). The van der Waals surface area contributed by atoms with Gasteiger partial charge in [0.15, 0.2) is 0 Å². The number of fused-ring (bicyclic) bond motifs is 3. The highest BCUT2D eigenvalue weighted by molar-refractivity contribution is 9.10. The summed E-state index contributed by atoms with van der Waals surface area (Å²) in [4.78, 5) is 12.2. The topological polar surface area (TPSA) is 46.5 Å². The average molecular weight is 497 g/mol. The lowest BCUT2D eigenvalue weighted by Gasteiger charge is -2.54. The highest BCUT2D eigenvalue weighted by Gasteiger charge is 2.52. The van der Waals surface area contributed by atoms with E-state index in [9.17, 15) is 9.90 Å². The largest absolute Gasteiger partial charge is 0.508 e. The molecular weight excluding hydrogens is 464 g/mol. The maximum absolute atomic E-state index is 12.2. The molecule has 0 aliphatic heterocycles. The van der Waals surface area contributed by atoms with Crippen molar-refractivity contribution in [3.63, 3.8) is 0 Å². The van der Waals surface area contributed by atoms with Crippen molar-refractivity contribution in [2.45, 2.75) is 64.4 Å². The van der Waals surface area contributed by atoms with E-state index in [1.165, 1.54) is 23.6 Å². The summed E-state index contributed by atoms with van der Waals surface area (Å²) in [6.07, 6.45) is 7.61. The van der Waals surface area contributed by atoms with Crippen LogP contribution >= 0.6 is 15.9 Å². The Morgan fingerprint density at radius 3 is 2.81 bits per heavy atom. The SMILES string of the molecule is C=CC[C@H]1[C@@H]2CCc3cc(O)ccc3[C@H]2CC[C@]1(C)[C@@H](Cc1ccccc1Br)OC(C)=O.